The SMILES string of the molecule is CCCCCCCCC=C(C(=O)O)[C@H]1CC[C@H](c2ccc(-c3ccc(CCCCC)cn3)cc2)CC1. The van der Waals surface area contributed by atoms with Crippen LogP contribution in [0.1, 0.15) is 121 Å². The van der Waals surface area contributed by atoms with Gasteiger partial charge in [0, 0.05) is 17.3 Å². The molecule has 1 aromatic carbocycles. The van der Waals surface area contributed by atoms with Crippen molar-refractivity contribution in [3.8, 4) is 11.3 Å². The number of nitrogens with zero attached hydrogens (tertiary/aromatic N) is 1. The van der Waals surface area contributed by atoms with E-state index in [1.54, 1.807) is 0 Å². The molecule has 0 amide bonds. The molecule has 1 N–H and O–H groups in total. The van der Waals surface area contributed by atoms with Gasteiger partial charge in [0.2, 0.25) is 0 Å². The quantitative estimate of drug-likeness (QED) is 0.200. The summed E-state index contributed by atoms with van der Waals surface area (Å²) in [4.78, 5) is 16.6. The van der Waals surface area contributed by atoms with E-state index in [0.717, 1.165) is 50.6 Å². The molecule has 0 radical (unpaired) electrons. The lowest BCUT2D eigenvalue weighted by atomic mass is 9.75. The number of benzene rings is 1. The number of carboxylic acids is 1. The van der Waals surface area contributed by atoms with Gasteiger partial charge in [-0.05, 0) is 80.4 Å². The number of carbonyl (C=O) groups is 1. The minimum atomic E-state index is -0.710. The molecule has 0 bridgehead atoms. The molecular formula is C33H47NO2. The van der Waals surface area contributed by atoms with E-state index in [1.807, 2.05) is 12.3 Å². The Balaban J connectivity index is 1.49. The minimum Gasteiger partial charge on any atom is -0.478 e. The number of aliphatic carboxylic acids is 1. The van der Waals surface area contributed by atoms with Gasteiger partial charge in [-0.2, -0.15) is 0 Å². The van der Waals surface area contributed by atoms with E-state index in [1.165, 1.54) is 68.1 Å². The van der Waals surface area contributed by atoms with Crippen LogP contribution in [0.15, 0.2) is 54.2 Å². The van der Waals surface area contributed by atoms with Gasteiger partial charge in [0.1, 0.15) is 0 Å². The van der Waals surface area contributed by atoms with E-state index in [0.29, 0.717) is 11.5 Å². The van der Waals surface area contributed by atoms with Crippen molar-refractivity contribution < 1.29 is 9.90 Å². The molecule has 196 valence electrons. The van der Waals surface area contributed by atoms with Crippen LogP contribution < -0.4 is 0 Å². The summed E-state index contributed by atoms with van der Waals surface area (Å²) in [6.45, 7) is 4.47. The summed E-state index contributed by atoms with van der Waals surface area (Å²) in [7, 11) is 0. The molecule has 0 atom stereocenters. The van der Waals surface area contributed by atoms with E-state index in [2.05, 4.69) is 50.2 Å². The van der Waals surface area contributed by atoms with E-state index in [4.69, 9.17) is 4.98 Å². The maximum atomic E-state index is 11.9. The molecule has 3 rings (SSSR count). The van der Waals surface area contributed by atoms with Crippen LogP contribution in [0.2, 0.25) is 0 Å². The summed E-state index contributed by atoms with van der Waals surface area (Å²) >= 11 is 0. The Morgan fingerprint density at radius 2 is 1.53 bits per heavy atom. The summed E-state index contributed by atoms with van der Waals surface area (Å²) in [6, 6.07) is 13.3. The minimum absolute atomic E-state index is 0.207. The third-order valence-corrected chi connectivity index (χ3v) is 7.91. The molecule has 2 aromatic rings. The van der Waals surface area contributed by atoms with Gasteiger partial charge in [-0.1, -0.05) is 95.2 Å². The second-order valence-electron chi connectivity index (χ2n) is 10.7. The zero-order chi connectivity index (χ0) is 25.6. The average Bonchev–Trinajstić information content (AvgIpc) is 2.91. The molecule has 1 fully saturated rings. The molecule has 1 aromatic heterocycles. The van der Waals surface area contributed by atoms with E-state index < -0.39 is 5.97 Å². The van der Waals surface area contributed by atoms with E-state index in [-0.39, 0.29) is 5.92 Å². The predicted molar refractivity (Wildman–Crippen MR) is 151 cm³/mol. The van der Waals surface area contributed by atoms with Crippen LogP contribution in [0.4, 0.5) is 0 Å². The third-order valence-electron chi connectivity index (χ3n) is 7.91. The van der Waals surface area contributed by atoms with Crippen molar-refractivity contribution in [1.82, 2.24) is 4.98 Å². The fraction of sp³-hybridized carbons (Fsp3) is 0.576. The number of allylic oxidation sites excluding steroid dienone is 1. The lowest BCUT2D eigenvalue weighted by Crippen LogP contribution is -2.19. The number of carboxylic acid groups (broad SMARTS) is 1. The third kappa shape index (κ3) is 8.91. The van der Waals surface area contributed by atoms with Crippen molar-refractivity contribution in [2.24, 2.45) is 5.92 Å². The molecule has 1 heterocycles. The Kier molecular flexibility index (Phi) is 12.2. The molecule has 0 aliphatic heterocycles. The van der Waals surface area contributed by atoms with Crippen LogP contribution in [0.3, 0.4) is 0 Å². The lowest BCUT2D eigenvalue weighted by molar-refractivity contribution is -0.133. The Morgan fingerprint density at radius 1 is 0.861 bits per heavy atom. The first-order chi connectivity index (χ1) is 17.6. The highest BCUT2D eigenvalue weighted by Crippen LogP contribution is 2.39. The van der Waals surface area contributed by atoms with Gasteiger partial charge in [0.15, 0.2) is 0 Å². The van der Waals surface area contributed by atoms with E-state index >= 15 is 0 Å². The van der Waals surface area contributed by atoms with Gasteiger partial charge in [-0.15, -0.1) is 0 Å². The second kappa shape index (κ2) is 15.6. The second-order valence-corrected chi connectivity index (χ2v) is 10.7. The number of rotatable bonds is 15. The van der Waals surface area contributed by atoms with Crippen molar-refractivity contribution in [3.05, 3.63) is 65.4 Å². The summed E-state index contributed by atoms with van der Waals surface area (Å²) in [5.41, 5.74) is 5.56. The van der Waals surface area contributed by atoms with Gasteiger partial charge in [0.05, 0.1) is 5.69 Å². The fourth-order valence-electron chi connectivity index (χ4n) is 5.60. The van der Waals surface area contributed by atoms with Crippen LogP contribution in [0.25, 0.3) is 11.3 Å². The molecule has 1 aliphatic carbocycles. The normalized spacial score (nSPS) is 18.3. The van der Waals surface area contributed by atoms with Crippen LogP contribution in [0, 0.1) is 5.92 Å². The molecule has 3 nitrogen and oxygen atoms in total. The topological polar surface area (TPSA) is 50.2 Å². The zero-order valence-electron chi connectivity index (χ0n) is 22.7. The summed E-state index contributed by atoms with van der Waals surface area (Å²) < 4.78 is 0. The Labute approximate surface area is 219 Å². The number of hydrogen-bond donors (Lipinski definition) is 1. The van der Waals surface area contributed by atoms with Crippen LogP contribution in [-0.2, 0) is 11.2 Å². The first-order valence-corrected chi connectivity index (χ1v) is 14.6. The first kappa shape index (κ1) is 28.2. The molecule has 0 saturated heterocycles. The van der Waals surface area contributed by atoms with Crippen molar-refractivity contribution in [2.45, 2.75) is 116 Å². The van der Waals surface area contributed by atoms with Gasteiger partial charge in [0.25, 0.3) is 0 Å². The number of pyridine rings is 1. The van der Waals surface area contributed by atoms with Crippen LogP contribution in [0.5, 0.6) is 0 Å². The molecule has 0 unspecified atom stereocenters. The molecule has 0 spiro atoms. The number of aromatic nitrogens is 1. The monoisotopic (exact) mass is 489 g/mol. The van der Waals surface area contributed by atoms with Gasteiger partial charge < -0.3 is 5.11 Å². The molecule has 3 heteroatoms. The van der Waals surface area contributed by atoms with Crippen molar-refractivity contribution >= 4 is 5.97 Å². The standard InChI is InChI=1S/C33H47NO2/c1-3-5-7-8-9-10-12-14-31(33(35)36)29-20-16-27(17-21-29)28-18-22-30(23-19-28)32-24-15-26(25-34-32)13-11-6-4-2/h14-15,18-19,22-25,27,29H,3-13,16-17,20-21H2,1-2H3,(H,35,36)/t27-,29-. The smallest absolute Gasteiger partial charge is 0.331 e. The zero-order valence-corrected chi connectivity index (χ0v) is 22.7. The summed E-state index contributed by atoms with van der Waals surface area (Å²) in [6.07, 6.45) is 21.4. The highest BCUT2D eigenvalue weighted by Gasteiger charge is 2.27. The lowest BCUT2D eigenvalue weighted by Gasteiger charge is -2.29. The number of hydrogen-bond acceptors (Lipinski definition) is 2. The van der Waals surface area contributed by atoms with Crippen molar-refractivity contribution in [1.29, 1.82) is 0 Å². The largest absolute Gasteiger partial charge is 0.478 e. The predicted octanol–water partition coefficient (Wildman–Crippen LogP) is 9.52. The molecular weight excluding hydrogens is 442 g/mol. The van der Waals surface area contributed by atoms with Crippen molar-refractivity contribution in [2.75, 3.05) is 0 Å². The van der Waals surface area contributed by atoms with Gasteiger partial charge in [-0.25, -0.2) is 4.79 Å². The Bertz CT molecular complexity index is 921. The van der Waals surface area contributed by atoms with Crippen LogP contribution >= 0.6 is 0 Å². The Morgan fingerprint density at radius 3 is 2.17 bits per heavy atom. The highest BCUT2D eigenvalue weighted by atomic mass is 16.4. The maximum Gasteiger partial charge on any atom is 0.331 e. The maximum absolute atomic E-state index is 11.9. The number of aryl methyl sites for hydroxylation is 1. The number of unbranched alkanes of at least 4 members (excludes halogenated alkanes) is 8. The van der Waals surface area contributed by atoms with Crippen LogP contribution in [-0.4, -0.2) is 16.1 Å². The summed E-state index contributed by atoms with van der Waals surface area (Å²) in [5, 5.41) is 9.82. The fourth-order valence-corrected chi connectivity index (χ4v) is 5.60. The Hall–Kier alpha value is -2.42. The molecule has 1 aliphatic rings. The first-order valence-electron chi connectivity index (χ1n) is 14.6. The highest BCUT2D eigenvalue weighted by molar-refractivity contribution is 5.87. The van der Waals surface area contributed by atoms with E-state index in [9.17, 15) is 9.90 Å². The van der Waals surface area contributed by atoms with Crippen molar-refractivity contribution in [3.63, 3.8) is 0 Å². The van der Waals surface area contributed by atoms with Gasteiger partial charge >= 0.3 is 5.97 Å². The van der Waals surface area contributed by atoms with Gasteiger partial charge in [-0.3, -0.25) is 4.98 Å². The summed E-state index contributed by atoms with van der Waals surface area (Å²) in [5.74, 6) is 0.0219. The molecule has 36 heavy (non-hydrogen) atoms. The average molecular weight is 490 g/mol. The molecule has 1 saturated carbocycles.